The standard InChI is InChI=1S/C23H28ClNO4S/c1-13(2)28-23(27)20-17-8-6-5-7-9-19(17)30-22(20)25-21(26)15(4)29-18-11-10-16(24)12-14(18)3/h10-13,15H,5-9H2,1-4H3,(H,25,26)/t15-/m0/s1. The van der Waals surface area contributed by atoms with E-state index in [9.17, 15) is 9.59 Å². The maximum absolute atomic E-state index is 12.9. The molecule has 1 amide bonds. The third kappa shape index (κ3) is 5.35. The van der Waals surface area contributed by atoms with Crippen LogP contribution in [0.25, 0.3) is 0 Å². The van der Waals surface area contributed by atoms with Gasteiger partial charge in [0.2, 0.25) is 0 Å². The van der Waals surface area contributed by atoms with E-state index in [1.807, 2.05) is 20.8 Å². The fraction of sp³-hybridized carbons (Fsp3) is 0.478. The Morgan fingerprint density at radius 3 is 2.57 bits per heavy atom. The molecule has 1 aliphatic carbocycles. The number of amides is 1. The van der Waals surface area contributed by atoms with Gasteiger partial charge in [0.05, 0.1) is 11.7 Å². The third-order valence-corrected chi connectivity index (χ3v) is 6.46. The molecule has 1 N–H and O–H groups in total. The van der Waals surface area contributed by atoms with Crippen LogP contribution in [0.15, 0.2) is 18.2 Å². The topological polar surface area (TPSA) is 64.6 Å². The predicted molar refractivity (Wildman–Crippen MR) is 121 cm³/mol. The molecule has 0 unspecified atom stereocenters. The molecule has 1 heterocycles. The number of nitrogens with one attached hydrogen (secondary N) is 1. The molecule has 1 aliphatic rings. The Bertz CT molecular complexity index is 938. The summed E-state index contributed by atoms with van der Waals surface area (Å²) in [6, 6.07) is 5.27. The van der Waals surface area contributed by atoms with E-state index >= 15 is 0 Å². The Hall–Kier alpha value is -2.05. The van der Waals surface area contributed by atoms with Crippen LogP contribution >= 0.6 is 22.9 Å². The molecule has 0 saturated carbocycles. The van der Waals surface area contributed by atoms with Gasteiger partial charge >= 0.3 is 5.97 Å². The lowest BCUT2D eigenvalue weighted by atomic mass is 10.1. The zero-order valence-corrected chi connectivity index (χ0v) is 19.4. The number of carbonyl (C=O) groups excluding carboxylic acids is 2. The van der Waals surface area contributed by atoms with Gasteiger partial charge in [-0.1, -0.05) is 18.0 Å². The second kappa shape index (κ2) is 9.84. The Balaban J connectivity index is 1.82. The lowest BCUT2D eigenvalue weighted by molar-refractivity contribution is -0.122. The first-order valence-electron chi connectivity index (χ1n) is 10.4. The van der Waals surface area contributed by atoms with Crippen molar-refractivity contribution in [3.05, 3.63) is 44.8 Å². The van der Waals surface area contributed by atoms with Crippen LogP contribution < -0.4 is 10.1 Å². The Morgan fingerprint density at radius 1 is 1.13 bits per heavy atom. The number of thiophene rings is 1. The average Bonchev–Trinajstić information content (AvgIpc) is 2.84. The lowest BCUT2D eigenvalue weighted by Crippen LogP contribution is -2.30. The molecule has 7 heteroatoms. The molecule has 0 spiro atoms. The number of ether oxygens (including phenoxy) is 2. The molecule has 0 radical (unpaired) electrons. The van der Waals surface area contributed by atoms with Crippen molar-refractivity contribution >= 4 is 39.8 Å². The van der Waals surface area contributed by atoms with Gasteiger partial charge in [0.1, 0.15) is 10.8 Å². The van der Waals surface area contributed by atoms with E-state index in [2.05, 4.69) is 5.32 Å². The molecule has 0 fully saturated rings. The molecule has 1 aromatic heterocycles. The quantitative estimate of drug-likeness (QED) is 0.437. The Labute approximate surface area is 186 Å². The van der Waals surface area contributed by atoms with Crippen LogP contribution in [-0.2, 0) is 22.4 Å². The molecule has 162 valence electrons. The van der Waals surface area contributed by atoms with Gasteiger partial charge in [-0.15, -0.1) is 11.3 Å². The lowest BCUT2D eigenvalue weighted by Gasteiger charge is -2.17. The number of hydrogen-bond acceptors (Lipinski definition) is 5. The van der Waals surface area contributed by atoms with Gasteiger partial charge in [-0.3, -0.25) is 4.79 Å². The first kappa shape index (κ1) is 22.6. The SMILES string of the molecule is Cc1cc(Cl)ccc1O[C@@H](C)C(=O)Nc1sc2c(c1C(=O)OC(C)C)CCCCC2. The summed E-state index contributed by atoms with van der Waals surface area (Å²) in [5.41, 5.74) is 2.39. The van der Waals surface area contributed by atoms with Crippen LogP contribution in [0.3, 0.4) is 0 Å². The normalized spacial score (nSPS) is 14.6. The summed E-state index contributed by atoms with van der Waals surface area (Å²) < 4.78 is 11.3. The van der Waals surface area contributed by atoms with Gasteiger partial charge in [0, 0.05) is 9.90 Å². The molecule has 0 saturated heterocycles. The molecular formula is C23H28ClNO4S. The van der Waals surface area contributed by atoms with Crippen LogP contribution in [0.5, 0.6) is 5.75 Å². The number of anilines is 1. The summed E-state index contributed by atoms with van der Waals surface area (Å²) in [6.07, 6.45) is 4.07. The molecule has 2 aromatic rings. The molecule has 30 heavy (non-hydrogen) atoms. The molecule has 5 nitrogen and oxygen atoms in total. The van der Waals surface area contributed by atoms with E-state index in [1.165, 1.54) is 16.2 Å². The smallest absolute Gasteiger partial charge is 0.341 e. The first-order chi connectivity index (χ1) is 14.3. The van der Waals surface area contributed by atoms with E-state index in [-0.39, 0.29) is 18.0 Å². The number of esters is 1. The van der Waals surface area contributed by atoms with Crippen LogP contribution in [0, 0.1) is 6.92 Å². The van der Waals surface area contributed by atoms with Crippen molar-refractivity contribution in [3.8, 4) is 5.75 Å². The second-order valence-electron chi connectivity index (χ2n) is 7.88. The van der Waals surface area contributed by atoms with Crippen molar-refractivity contribution in [2.45, 2.75) is 72.0 Å². The highest BCUT2D eigenvalue weighted by atomic mass is 35.5. The van der Waals surface area contributed by atoms with Gasteiger partial charge in [0.15, 0.2) is 6.10 Å². The summed E-state index contributed by atoms with van der Waals surface area (Å²) in [4.78, 5) is 26.9. The van der Waals surface area contributed by atoms with E-state index in [4.69, 9.17) is 21.1 Å². The van der Waals surface area contributed by atoms with Crippen molar-refractivity contribution in [1.82, 2.24) is 0 Å². The summed E-state index contributed by atoms with van der Waals surface area (Å²) in [6.45, 7) is 7.22. The fourth-order valence-electron chi connectivity index (χ4n) is 3.52. The fourth-order valence-corrected chi connectivity index (χ4v) is 5.03. The van der Waals surface area contributed by atoms with Crippen LogP contribution in [0.4, 0.5) is 5.00 Å². The van der Waals surface area contributed by atoms with Gasteiger partial charge < -0.3 is 14.8 Å². The predicted octanol–water partition coefficient (Wildman–Crippen LogP) is 5.95. The van der Waals surface area contributed by atoms with E-state index in [0.717, 1.165) is 43.2 Å². The number of fused-ring (bicyclic) bond motifs is 1. The van der Waals surface area contributed by atoms with E-state index in [1.54, 1.807) is 25.1 Å². The van der Waals surface area contributed by atoms with Crippen LogP contribution in [0.1, 0.15) is 66.4 Å². The van der Waals surface area contributed by atoms with Gasteiger partial charge in [-0.2, -0.15) is 0 Å². The van der Waals surface area contributed by atoms with Crippen LogP contribution in [0.2, 0.25) is 5.02 Å². The summed E-state index contributed by atoms with van der Waals surface area (Å²) >= 11 is 7.47. The number of halogens is 1. The van der Waals surface area contributed by atoms with E-state index in [0.29, 0.717) is 21.3 Å². The summed E-state index contributed by atoms with van der Waals surface area (Å²) in [5.74, 6) is -0.0790. The monoisotopic (exact) mass is 449 g/mol. The molecule has 1 aromatic carbocycles. The molecule has 0 aliphatic heterocycles. The third-order valence-electron chi connectivity index (χ3n) is 5.01. The van der Waals surface area contributed by atoms with Crippen molar-refractivity contribution in [1.29, 1.82) is 0 Å². The molecule has 1 atom stereocenters. The van der Waals surface area contributed by atoms with Crippen molar-refractivity contribution in [2.24, 2.45) is 0 Å². The van der Waals surface area contributed by atoms with Crippen molar-refractivity contribution < 1.29 is 19.1 Å². The minimum absolute atomic E-state index is 0.225. The minimum Gasteiger partial charge on any atom is -0.481 e. The van der Waals surface area contributed by atoms with Crippen molar-refractivity contribution in [2.75, 3.05) is 5.32 Å². The van der Waals surface area contributed by atoms with E-state index < -0.39 is 6.10 Å². The van der Waals surface area contributed by atoms with Gasteiger partial charge in [-0.25, -0.2) is 4.79 Å². The summed E-state index contributed by atoms with van der Waals surface area (Å²) in [7, 11) is 0. The van der Waals surface area contributed by atoms with Gasteiger partial charge in [0.25, 0.3) is 5.91 Å². The first-order valence-corrected chi connectivity index (χ1v) is 11.5. The van der Waals surface area contributed by atoms with Crippen molar-refractivity contribution in [3.63, 3.8) is 0 Å². The Morgan fingerprint density at radius 2 is 1.87 bits per heavy atom. The number of hydrogen-bond donors (Lipinski definition) is 1. The number of aryl methyl sites for hydroxylation is 2. The highest BCUT2D eigenvalue weighted by Crippen LogP contribution is 2.38. The maximum atomic E-state index is 12.9. The van der Waals surface area contributed by atoms with Crippen LogP contribution in [-0.4, -0.2) is 24.1 Å². The zero-order valence-electron chi connectivity index (χ0n) is 17.8. The average molecular weight is 450 g/mol. The largest absolute Gasteiger partial charge is 0.481 e. The number of rotatable bonds is 6. The highest BCUT2D eigenvalue weighted by molar-refractivity contribution is 7.17. The molecule has 3 rings (SSSR count). The summed E-state index contributed by atoms with van der Waals surface area (Å²) in [5, 5.41) is 4.09. The Kier molecular flexibility index (Phi) is 7.42. The molecular weight excluding hydrogens is 422 g/mol. The minimum atomic E-state index is -0.735. The second-order valence-corrected chi connectivity index (χ2v) is 9.42. The number of carbonyl (C=O) groups is 2. The highest BCUT2D eigenvalue weighted by Gasteiger charge is 2.28. The molecule has 0 bridgehead atoms. The zero-order chi connectivity index (χ0) is 21.8. The maximum Gasteiger partial charge on any atom is 0.341 e. The van der Waals surface area contributed by atoms with Gasteiger partial charge in [-0.05, 0) is 82.7 Å². The number of benzene rings is 1.